The number of rotatable bonds is 7. The maximum atomic E-state index is 12.2. The lowest BCUT2D eigenvalue weighted by atomic mass is 10.1. The number of hydrogen-bond donors (Lipinski definition) is 0. The van der Waals surface area contributed by atoms with Gasteiger partial charge in [0.15, 0.2) is 0 Å². The topological polar surface area (TPSA) is 49.9 Å². The van der Waals surface area contributed by atoms with Crippen molar-refractivity contribution in [2.75, 3.05) is 39.4 Å². The summed E-state index contributed by atoms with van der Waals surface area (Å²) in [7, 11) is 0. The Kier molecular flexibility index (Phi) is 6.40. The van der Waals surface area contributed by atoms with E-state index in [9.17, 15) is 9.59 Å². The van der Waals surface area contributed by atoms with Gasteiger partial charge < -0.3 is 14.5 Å². The highest BCUT2D eigenvalue weighted by atomic mass is 16.5. The molecule has 5 nitrogen and oxygen atoms in total. The highest BCUT2D eigenvalue weighted by Crippen LogP contribution is 2.08. The van der Waals surface area contributed by atoms with Crippen molar-refractivity contribution in [2.24, 2.45) is 0 Å². The van der Waals surface area contributed by atoms with Crippen LogP contribution in [0, 0.1) is 0 Å². The minimum atomic E-state index is 0.00418. The molecule has 1 aromatic rings. The van der Waals surface area contributed by atoms with E-state index in [2.05, 4.69) is 12.1 Å². The molecule has 120 valence electrons. The molecule has 1 fully saturated rings. The van der Waals surface area contributed by atoms with Crippen LogP contribution >= 0.6 is 0 Å². The molecule has 5 heteroatoms. The Morgan fingerprint density at radius 1 is 1.23 bits per heavy atom. The SMILES string of the molecule is CCOCCC(=O)N1CCN(CCc2ccccc2)C(=O)C1. The van der Waals surface area contributed by atoms with Crippen LogP contribution in [0.5, 0.6) is 0 Å². The van der Waals surface area contributed by atoms with Gasteiger partial charge in [-0.25, -0.2) is 0 Å². The van der Waals surface area contributed by atoms with Gasteiger partial charge in [0, 0.05) is 26.2 Å². The third-order valence-electron chi connectivity index (χ3n) is 3.85. The van der Waals surface area contributed by atoms with Crippen LogP contribution in [-0.4, -0.2) is 61.0 Å². The number of hydrogen-bond acceptors (Lipinski definition) is 3. The predicted octanol–water partition coefficient (Wildman–Crippen LogP) is 1.33. The minimum absolute atomic E-state index is 0.00418. The zero-order valence-electron chi connectivity index (χ0n) is 13.2. The molecule has 0 saturated carbocycles. The summed E-state index contributed by atoms with van der Waals surface area (Å²) in [6.07, 6.45) is 1.20. The molecule has 0 N–H and O–H groups in total. The first-order valence-electron chi connectivity index (χ1n) is 7.88. The van der Waals surface area contributed by atoms with Crippen molar-refractivity contribution in [1.82, 2.24) is 9.80 Å². The van der Waals surface area contributed by atoms with Crippen molar-refractivity contribution in [2.45, 2.75) is 19.8 Å². The predicted molar refractivity (Wildman–Crippen MR) is 84.4 cm³/mol. The summed E-state index contributed by atoms with van der Waals surface area (Å²) in [5.41, 5.74) is 1.23. The van der Waals surface area contributed by atoms with E-state index < -0.39 is 0 Å². The Morgan fingerprint density at radius 2 is 2.00 bits per heavy atom. The third kappa shape index (κ3) is 4.84. The van der Waals surface area contributed by atoms with Gasteiger partial charge in [0.1, 0.15) is 0 Å². The molecule has 0 atom stereocenters. The summed E-state index contributed by atoms with van der Waals surface area (Å²) in [6, 6.07) is 10.1. The average Bonchev–Trinajstić information content (AvgIpc) is 2.54. The van der Waals surface area contributed by atoms with Crippen LogP contribution in [0.2, 0.25) is 0 Å². The highest BCUT2D eigenvalue weighted by molar-refractivity contribution is 5.86. The fraction of sp³-hybridized carbons (Fsp3) is 0.529. The first-order valence-corrected chi connectivity index (χ1v) is 7.88. The van der Waals surface area contributed by atoms with Crippen molar-refractivity contribution in [1.29, 1.82) is 0 Å². The molecule has 0 bridgehead atoms. The van der Waals surface area contributed by atoms with E-state index in [1.165, 1.54) is 5.56 Å². The van der Waals surface area contributed by atoms with E-state index in [-0.39, 0.29) is 18.4 Å². The van der Waals surface area contributed by atoms with E-state index >= 15 is 0 Å². The van der Waals surface area contributed by atoms with Gasteiger partial charge in [-0.05, 0) is 18.9 Å². The molecule has 0 aromatic heterocycles. The van der Waals surface area contributed by atoms with Crippen LogP contribution in [-0.2, 0) is 20.7 Å². The number of nitrogens with zero attached hydrogens (tertiary/aromatic N) is 2. The molecule has 2 amide bonds. The van der Waals surface area contributed by atoms with Gasteiger partial charge in [-0.2, -0.15) is 0 Å². The first kappa shape index (κ1) is 16.5. The van der Waals surface area contributed by atoms with Gasteiger partial charge in [-0.3, -0.25) is 9.59 Å². The summed E-state index contributed by atoms with van der Waals surface area (Å²) in [5, 5.41) is 0. The van der Waals surface area contributed by atoms with Crippen molar-refractivity contribution >= 4 is 11.8 Å². The summed E-state index contributed by atoms with van der Waals surface area (Å²) in [6.45, 7) is 5.08. The van der Waals surface area contributed by atoms with Crippen LogP contribution in [0.25, 0.3) is 0 Å². The number of carbonyl (C=O) groups is 2. The Balaban J connectivity index is 1.75. The molecule has 2 rings (SSSR count). The van der Waals surface area contributed by atoms with Crippen LogP contribution in [0.4, 0.5) is 0 Å². The van der Waals surface area contributed by atoms with Gasteiger partial charge >= 0.3 is 0 Å². The number of carbonyl (C=O) groups excluding carboxylic acids is 2. The number of amides is 2. The number of ether oxygens (including phenoxy) is 1. The third-order valence-corrected chi connectivity index (χ3v) is 3.85. The summed E-state index contributed by atoms with van der Waals surface area (Å²) < 4.78 is 5.19. The van der Waals surface area contributed by atoms with Crippen LogP contribution in [0.1, 0.15) is 18.9 Å². The lowest BCUT2D eigenvalue weighted by molar-refractivity contribution is -0.145. The standard InChI is InChI=1S/C17H24N2O3/c1-2-22-13-9-16(20)19-12-11-18(17(21)14-19)10-8-15-6-4-3-5-7-15/h3-7H,2,8-14H2,1H3. The Hall–Kier alpha value is -1.88. The van der Waals surface area contributed by atoms with Crippen molar-refractivity contribution in [3.63, 3.8) is 0 Å². The quantitative estimate of drug-likeness (QED) is 0.714. The van der Waals surface area contributed by atoms with E-state index in [0.717, 1.165) is 6.42 Å². The zero-order chi connectivity index (χ0) is 15.8. The second-order valence-corrected chi connectivity index (χ2v) is 5.38. The summed E-state index contributed by atoms with van der Waals surface area (Å²) >= 11 is 0. The Labute approximate surface area is 131 Å². The Morgan fingerprint density at radius 3 is 2.68 bits per heavy atom. The molecule has 1 aromatic carbocycles. The van der Waals surface area contributed by atoms with Gasteiger partial charge in [-0.1, -0.05) is 30.3 Å². The maximum absolute atomic E-state index is 12.2. The fourth-order valence-electron chi connectivity index (χ4n) is 2.53. The zero-order valence-corrected chi connectivity index (χ0v) is 13.2. The molecular formula is C17H24N2O3. The Bertz CT molecular complexity index is 490. The second kappa shape index (κ2) is 8.54. The van der Waals surface area contributed by atoms with Crippen LogP contribution < -0.4 is 0 Å². The number of piperazine rings is 1. The van der Waals surface area contributed by atoms with Gasteiger partial charge in [-0.15, -0.1) is 0 Å². The lowest BCUT2D eigenvalue weighted by Gasteiger charge is -2.34. The molecule has 1 saturated heterocycles. The normalized spacial score (nSPS) is 15.2. The fourth-order valence-corrected chi connectivity index (χ4v) is 2.53. The van der Waals surface area contributed by atoms with Gasteiger partial charge in [0.25, 0.3) is 0 Å². The van der Waals surface area contributed by atoms with Gasteiger partial charge in [0.05, 0.1) is 19.6 Å². The molecular weight excluding hydrogens is 280 g/mol. The number of benzene rings is 1. The van der Waals surface area contributed by atoms with Crippen LogP contribution in [0.15, 0.2) is 30.3 Å². The molecule has 1 aliphatic rings. The van der Waals surface area contributed by atoms with E-state index in [0.29, 0.717) is 39.3 Å². The van der Waals surface area contributed by atoms with Crippen molar-refractivity contribution < 1.29 is 14.3 Å². The lowest BCUT2D eigenvalue weighted by Crippen LogP contribution is -2.52. The van der Waals surface area contributed by atoms with Crippen molar-refractivity contribution in [3.05, 3.63) is 35.9 Å². The average molecular weight is 304 g/mol. The van der Waals surface area contributed by atoms with E-state index in [1.807, 2.05) is 30.0 Å². The van der Waals surface area contributed by atoms with Crippen molar-refractivity contribution in [3.8, 4) is 0 Å². The summed E-state index contributed by atoms with van der Waals surface area (Å²) in [5.74, 6) is 0.0384. The summed E-state index contributed by atoms with van der Waals surface area (Å²) in [4.78, 5) is 27.6. The molecule has 0 unspecified atom stereocenters. The van der Waals surface area contributed by atoms with E-state index in [1.54, 1.807) is 4.90 Å². The molecule has 1 aliphatic heterocycles. The highest BCUT2D eigenvalue weighted by Gasteiger charge is 2.26. The smallest absolute Gasteiger partial charge is 0.242 e. The minimum Gasteiger partial charge on any atom is -0.381 e. The molecule has 22 heavy (non-hydrogen) atoms. The first-order chi connectivity index (χ1) is 10.7. The molecule has 1 heterocycles. The molecule has 0 aliphatic carbocycles. The van der Waals surface area contributed by atoms with Gasteiger partial charge in [0.2, 0.25) is 11.8 Å². The monoisotopic (exact) mass is 304 g/mol. The largest absolute Gasteiger partial charge is 0.381 e. The second-order valence-electron chi connectivity index (χ2n) is 5.38. The van der Waals surface area contributed by atoms with Crippen LogP contribution in [0.3, 0.4) is 0 Å². The maximum Gasteiger partial charge on any atom is 0.242 e. The van der Waals surface area contributed by atoms with E-state index in [4.69, 9.17) is 4.74 Å². The molecule has 0 spiro atoms. The molecule has 0 radical (unpaired) electrons.